The van der Waals surface area contributed by atoms with Crippen molar-refractivity contribution in [2.75, 3.05) is 14.1 Å². The van der Waals surface area contributed by atoms with Gasteiger partial charge in [0, 0.05) is 6.08 Å². The van der Waals surface area contributed by atoms with Crippen LogP contribution in [0.4, 0.5) is 0 Å². The molecule has 0 unspecified atom stereocenters. The van der Waals surface area contributed by atoms with E-state index in [2.05, 4.69) is 63.4 Å². The lowest BCUT2D eigenvalue weighted by atomic mass is 10.0. The number of nitrogens with zero attached hydrogens (tertiary/aromatic N) is 1. The monoisotopic (exact) mass is 252 g/mol. The zero-order valence-electron chi connectivity index (χ0n) is 12.5. The molecule has 0 aromatic heterocycles. The van der Waals surface area contributed by atoms with Gasteiger partial charge in [-0.25, -0.2) is 4.58 Å². The third-order valence-corrected chi connectivity index (χ3v) is 3.36. The van der Waals surface area contributed by atoms with E-state index in [1.54, 1.807) is 0 Å². The van der Waals surface area contributed by atoms with Crippen LogP contribution < -0.4 is 0 Å². The van der Waals surface area contributed by atoms with E-state index < -0.39 is 0 Å². The van der Waals surface area contributed by atoms with Crippen molar-refractivity contribution < 1.29 is 4.58 Å². The summed E-state index contributed by atoms with van der Waals surface area (Å²) in [5.41, 5.74) is 8.03. The number of fused-ring (bicyclic) bond motifs is 1. The summed E-state index contributed by atoms with van der Waals surface area (Å²) >= 11 is 0. The van der Waals surface area contributed by atoms with Crippen LogP contribution in [0.3, 0.4) is 0 Å². The Bertz CT molecular complexity index is 629. The van der Waals surface area contributed by atoms with E-state index in [9.17, 15) is 0 Å². The van der Waals surface area contributed by atoms with Crippen LogP contribution in [0.2, 0.25) is 0 Å². The van der Waals surface area contributed by atoms with Crippen molar-refractivity contribution in [3.05, 3.63) is 52.6 Å². The maximum atomic E-state index is 2.27. The minimum Gasteiger partial charge on any atom is -0.241 e. The first-order chi connectivity index (χ1) is 8.99. The lowest BCUT2D eigenvalue weighted by Crippen LogP contribution is -1.95. The van der Waals surface area contributed by atoms with Crippen LogP contribution in [0.5, 0.6) is 0 Å². The van der Waals surface area contributed by atoms with Crippen molar-refractivity contribution in [3.63, 3.8) is 0 Å². The quantitative estimate of drug-likeness (QED) is 0.560. The first-order valence-electron chi connectivity index (χ1n) is 6.67. The number of hydrogen-bond donors (Lipinski definition) is 0. The summed E-state index contributed by atoms with van der Waals surface area (Å²) in [7, 11) is 4.07. The van der Waals surface area contributed by atoms with Crippen LogP contribution >= 0.6 is 0 Å². The lowest BCUT2D eigenvalue weighted by molar-refractivity contribution is -0.458. The molecule has 2 aliphatic rings. The number of hydrogen-bond acceptors (Lipinski definition) is 0. The van der Waals surface area contributed by atoms with Crippen molar-refractivity contribution in [2.45, 2.75) is 20.8 Å². The van der Waals surface area contributed by atoms with E-state index in [0.717, 1.165) is 0 Å². The van der Waals surface area contributed by atoms with Crippen molar-refractivity contribution in [3.8, 4) is 11.1 Å². The van der Waals surface area contributed by atoms with Crippen molar-refractivity contribution in [1.29, 1.82) is 0 Å². The summed E-state index contributed by atoms with van der Waals surface area (Å²) in [5.74, 6) is 0. The molecule has 1 heteroatoms. The Hall–Kier alpha value is -1.89. The molecule has 0 heterocycles. The Morgan fingerprint density at radius 2 is 1.63 bits per heavy atom. The van der Waals surface area contributed by atoms with Gasteiger partial charge in [0.05, 0.1) is 0 Å². The van der Waals surface area contributed by atoms with Gasteiger partial charge in [0.2, 0.25) is 0 Å². The highest BCUT2D eigenvalue weighted by Crippen LogP contribution is 2.34. The molecular formula is C18H22N+. The molecule has 0 fully saturated rings. The van der Waals surface area contributed by atoms with Crippen LogP contribution in [-0.4, -0.2) is 24.9 Å². The van der Waals surface area contributed by atoms with Crippen LogP contribution in [0.15, 0.2) is 30.3 Å². The normalized spacial score (nSPS) is 11.2. The SMILES string of the molecule is Cc1cc(C)c2ccc(/C=C/C=[N+](C)C)c-2c(C)c1. The van der Waals surface area contributed by atoms with Crippen LogP contribution in [0.25, 0.3) is 17.2 Å². The third-order valence-electron chi connectivity index (χ3n) is 3.36. The van der Waals surface area contributed by atoms with E-state index in [1.165, 1.54) is 33.4 Å². The maximum absolute atomic E-state index is 2.27. The lowest BCUT2D eigenvalue weighted by Gasteiger charge is -2.02. The van der Waals surface area contributed by atoms with Gasteiger partial charge in [0.25, 0.3) is 0 Å². The minimum absolute atomic E-state index is 1.30. The second kappa shape index (κ2) is 5.40. The molecular weight excluding hydrogens is 230 g/mol. The molecule has 0 atom stereocenters. The summed E-state index contributed by atoms with van der Waals surface area (Å²) in [4.78, 5) is 0. The predicted molar refractivity (Wildman–Crippen MR) is 84.5 cm³/mol. The molecule has 98 valence electrons. The molecule has 2 aliphatic carbocycles. The van der Waals surface area contributed by atoms with Crippen LogP contribution in [-0.2, 0) is 0 Å². The molecule has 0 saturated heterocycles. The van der Waals surface area contributed by atoms with Crippen LogP contribution in [0.1, 0.15) is 22.3 Å². The fourth-order valence-electron chi connectivity index (χ4n) is 2.60. The van der Waals surface area contributed by atoms with Gasteiger partial charge in [0.15, 0.2) is 6.21 Å². The Kier molecular flexibility index (Phi) is 3.84. The fourth-order valence-corrected chi connectivity index (χ4v) is 2.60. The fraction of sp³-hybridized carbons (Fsp3) is 0.278. The highest BCUT2D eigenvalue weighted by atomic mass is 14.9. The Balaban J connectivity index is 2.57. The van der Waals surface area contributed by atoms with Gasteiger partial charge >= 0.3 is 0 Å². The maximum Gasteiger partial charge on any atom is 0.162 e. The summed E-state index contributed by atoms with van der Waals surface area (Å²) in [6, 6.07) is 8.96. The molecule has 0 radical (unpaired) electrons. The van der Waals surface area contributed by atoms with Crippen LogP contribution in [0, 0.1) is 20.8 Å². The first-order valence-corrected chi connectivity index (χ1v) is 6.67. The molecule has 19 heavy (non-hydrogen) atoms. The molecule has 0 spiro atoms. The zero-order chi connectivity index (χ0) is 14.0. The van der Waals surface area contributed by atoms with Crippen molar-refractivity contribution in [2.24, 2.45) is 0 Å². The molecule has 0 amide bonds. The third kappa shape index (κ3) is 2.93. The molecule has 1 nitrogen and oxygen atoms in total. The van der Waals surface area contributed by atoms with E-state index in [0.29, 0.717) is 0 Å². The Morgan fingerprint density at radius 1 is 0.947 bits per heavy atom. The molecule has 0 N–H and O–H groups in total. The Morgan fingerprint density at radius 3 is 2.32 bits per heavy atom. The highest BCUT2D eigenvalue weighted by molar-refractivity contribution is 5.86. The molecule has 0 aromatic rings. The second-order valence-corrected chi connectivity index (χ2v) is 5.45. The van der Waals surface area contributed by atoms with E-state index >= 15 is 0 Å². The molecule has 0 aromatic carbocycles. The summed E-state index contributed by atoms with van der Waals surface area (Å²) < 4.78 is 2.05. The zero-order valence-corrected chi connectivity index (χ0v) is 12.5. The number of allylic oxidation sites excluding steroid dienone is 1. The van der Waals surface area contributed by atoms with Gasteiger partial charge in [-0.1, -0.05) is 29.8 Å². The smallest absolute Gasteiger partial charge is 0.162 e. The molecule has 0 saturated carbocycles. The molecule has 2 rings (SSSR count). The second-order valence-electron chi connectivity index (χ2n) is 5.45. The summed E-state index contributed by atoms with van der Waals surface area (Å²) in [6.07, 6.45) is 6.35. The average molecular weight is 252 g/mol. The largest absolute Gasteiger partial charge is 0.241 e. The molecule has 0 aliphatic heterocycles. The van der Waals surface area contributed by atoms with E-state index in [1.807, 2.05) is 18.7 Å². The van der Waals surface area contributed by atoms with E-state index in [4.69, 9.17) is 0 Å². The minimum atomic E-state index is 1.30. The van der Waals surface area contributed by atoms with Gasteiger partial charge < -0.3 is 0 Å². The van der Waals surface area contributed by atoms with Gasteiger partial charge in [-0.15, -0.1) is 0 Å². The summed E-state index contributed by atoms with van der Waals surface area (Å²) in [5, 5.41) is 0. The topological polar surface area (TPSA) is 3.01 Å². The first kappa shape index (κ1) is 13.5. The number of aryl methyl sites for hydroxylation is 3. The Labute approximate surface area is 116 Å². The van der Waals surface area contributed by atoms with Crippen molar-refractivity contribution in [1.82, 2.24) is 0 Å². The number of rotatable bonds is 2. The molecule has 0 bridgehead atoms. The average Bonchev–Trinajstić information content (AvgIpc) is 2.67. The van der Waals surface area contributed by atoms with Gasteiger partial charge in [-0.2, -0.15) is 0 Å². The summed E-state index contributed by atoms with van der Waals surface area (Å²) in [6.45, 7) is 6.55. The van der Waals surface area contributed by atoms with Gasteiger partial charge in [0.1, 0.15) is 14.1 Å². The van der Waals surface area contributed by atoms with Crippen molar-refractivity contribution >= 4 is 12.3 Å². The van der Waals surface area contributed by atoms with Gasteiger partial charge in [-0.3, -0.25) is 0 Å². The predicted octanol–water partition coefficient (Wildman–Crippen LogP) is 4.07. The van der Waals surface area contributed by atoms with Gasteiger partial charge in [-0.05, 0) is 54.7 Å². The highest BCUT2D eigenvalue weighted by Gasteiger charge is 2.11. The standard InChI is InChI=1S/C18H22N/c1-13-11-14(2)17-9-8-16(7-6-10-19(4)5)18(17)15(3)12-13/h6-12H,1-5H3/q+1/b7-6+. The van der Waals surface area contributed by atoms with E-state index in [-0.39, 0.29) is 0 Å².